The molecule has 3 rings (SSSR count). The van der Waals surface area contributed by atoms with Gasteiger partial charge in [0.1, 0.15) is 5.75 Å². The summed E-state index contributed by atoms with van der Waals surface area (Å²) in [6.07, 6.45) is 4.44. The molecule has 2 aromatic carbocycles. The van der Waals surface area contributed by atoms with E-state index >= 15 is 0 Å². The molecule has 1 aliphatic carbocycles. The van der Waals surface area contributed by atoms with Crippen molar-refractivity contribution in [3.63, 3.8) is 0 Å². The van der Waals surface area contributed by atoms with Crippen LogP contribution >= 0.6 is 11.8 Å². The van der Waals surface area contributed by atoms with E-state index in [1.807, 2.05) is 18.2 Å². The number of methoxy groups -OCH3 is 1. The zero-order valence-corrected chi connectivity index (χ0v) is 17.4. The molecule has 1 amide bonds. The van der Waals surface area contributed by atoms with Gasteiger partial charge in [0.15, 0.2) is 5.78 Å². The number of allylic oxidation sites excluding steroid dienone is 2. The normalized spacial score (nSPS) is 17.9. The van der Waals surface area contributed by atoms with Gasteiger partial charge in [0.25, 0.3) is 0 Å². The number of ketones is 1. The van der Waals surface area contributed by atoms with E-state index in [4.69, 9.17) is 4.74 Å². The minimum absolute atomic E-state index is 0.00125. The fourth-order valence-corrected chi connectivity index (χ4v) is 4.07. The highest BCUT2D eigenvalue weighted by Gasteiger charge is 2.33. The van der Waals surface area contributed by atoms with Gasteiger partial charge < -0.3 is 15.2 Å². The van der Waals surface area contributed by atoms with E-state index in [-0.39, 0.29) is 17.4 Å². The van der Waals surface area contributed by atoms with Gasteiger partial charge in [0, 0.05) is 16.1 Å². The Hall–Kier alpha value is -3.06. The van der Waals surface area contributed by atoms with Crippen LogP contribution < -0.4 is 10.1 Å². The SMILES string of the molecule is COc1cccc(C(=O)CSc2ccc(NC(=O)C3CC=CCC3C(=O)O)cc2)c1. The van der Waals surface area contributed by atoms with E-state index in [9.17, 15) is 19.5 Å². The summed E-state index contributed by atoms with van der Waals surface area (Å²) in [4.78, 5) is 37.2. The number of thioether (sulfide) groups is 1. The average Bonchev–Trinajstić information content (AvgIpc) is 2.78. The number of amides is 1. The Kier molecular flexibility index (Phi) is 7.30. The summed E-state index contributed by atoms with van der Waals surface area (Å²) in [6.45, 7) is 0. The molecule has 2 N–H and O–H groups in total. The van der Waals surface area contributed by atoms with Crippen LogP contribution in [0.4, 0.5) is 5.69 Å². The molecular formula is C23H23NO5S. The van der Waals surface area contributed by atoms with Gasteiger partial charge in [-0.1, -0.05) is 24.3 Å². The van der Waals surface area contributed by atoms with Gasteiger partial charge in [-0.3, -0.25) is 14.4 Å². The second-order valence-corrected chi connectivity index (χ2v) is 8.00. The number of carbonyl (C=O) groups excluding carboxylic acids is 2. The Morgan fingerprint density at radius 1 is 1.07 bits per heavy atom. The van der Waals surface area contributed by atoms with Crippen LogP contribution in [0.25, 0.3) is 0 Å². The van der Waals surface area contributed by atoms with E-state index in [1.165, 1.54) is 11.8 Å². The van der Waals surface area contributed by atoms with Gasteiger partial charge in [-0.05, 0) is 49.2 Å². The molecule has 0 saturated carbocycles. The highest BCUT2D eigenvalue weighted by Crippen LogP contribution is 2.28. The van der Waals surface area contributed by atoms with Gasteiger partial charge in [-0.2, -0.15) is 0 Å². The first-order valence-electron chi connectivity index (χ1n) is 9.56. The maximum Gasteiger partial charge on any atom is 0.307 e. The van der Waals surface area contributed by atoms with Crippen LogP contribution in [0.5, 0.6) is 5.75 Å². The molecule has 6 nitrogen and oxygen atoms in total. The summed E-state index contributed by atoms with van der Waals surface area (Å²) in [7, 11) is 1.56. The number of rotatable bonds is 8. The monoisotopic (exact) mass is 425 g/mol. The third kappa shape index (κ3) is 5.51. The number of benzene rings is 2. The van der Waals surface area contributed by atoms with E-state index in [0.717, 1.165) is 4.90 Å². The summed E-state index contributed by atoms with van der Waals surface area (Å²) in [5.74, 6) is -1.60. The number of anilines is 1. The molecule has 0 aromatic heterocycles. The zero-order chi connectivity index (χ0) is 21.5. The molecule has 0 fully saturated rings. The summed E-state index contributed by atoms with van der Waals surface area (Å²) in [5.41, 5.74) is 1.20. The van der Waals surface area contributed by atoms with Crippen LogP contribution in [0.1, 0.15) is 23.2 Å². The van der Waals surface area contributed by atoms with E-state index in [0.29, 0.717) is 29.8 Å². The van der Waals surface area contributed by atoms with Gasteiger partial charge in [-0.15, -0.1) is 11.8 Å². The molecule has 0 bridgehead atoms. The van der Waals surface area contributed by atoms with Crippen LogP contribution in [0.15, 0.2) is 65.6 Å². The third-order valence-corrected chi connectivity index (χ3v) is 5.98. The van der Waals surface area contributed by atoms with Gasteiger partial charge >= 0.3 is 5.97 Å². The number of nitrogens with one attached hydrogen (secondary N) is 1. The molecule has 1 aliphatic rings. The topological polar surface area (TPSA) is 92.7 Å². The summed E-state index contributed by atoms with van der Waals surface area (Å²) < 4.78 is 5.15. The first-order chi connectivity index (χ1) is 14.5. The van der Waals surface area contributed by atoms with Crippen molar-refractivity contribution in [3.05, 3.63) is 66.2 Å². The van der Waals surface area contributed by atoms with Crippen LogP contribution in [-0.2, 0) is 9.59 Å². The van der Waals surface area contributed by atoms with Crippen molar-refractivity contribution in [2.45, 2.75) is 17.7 Å². The molecule has 0 radical (unpaired) electrons. The number of hydrogen-bond acceptors (Lipinski definition) is 5. The minimum atomic E-state index is -0.952. The van der Waals surface area contributed by atoms with Crippen LogP contribution in [0.2, 0.25) is 0 Å². The summed E-state index contributed by atoms with van der Waals surface area (Å²) in [5, 5.41) is 12.1. The maximum atomic E-state index is 12.5. The number of ether oxygens (including phenoxy) is 1. The highest BCUT2D eigenvalue weighted by atomic mass is 32.2. The minimum Gasteiger partial charge on any atom is -0.497 e. The Bertz CT molecular complexity index is 954. The molecule has 2 unspecified atom stereocenters. The first kappa shape index (κ1) is 21.6. The van der Waals surface area contributed by atoms with Crippen LogP contribution in [0, 0.1) is 11.8 Å². The Morgan fingerprint density at radius 3 is 2.43 bits per heavy atom. The zero-order valence-electron chi connectivity index (χ0n) is 16.5. The molecule has 0 saturated heterocycles. The van der Waals surface area contributed by atoms with Crippen molar-refractivity contribution >= 4 is 35.1 Å². The molecule has 2 aromatic rings. The quantitative estimate of drug-likeness (QED) is 0.373. The maximum absolute atomic E-state index is 12.5. The predicted molar refractivity (Wildman–Crippen MR) is 116 cm³/mol. The number of carbonyl (C=O) groups is 3. The van der Waals surface area contributed by atoms with E-state index in [1.54, 1.807) is 49.6 Å². The number of hydrogen-bond donors (Lipinski definition) is 2. The lowest BCUT2D eigenvalue weighted by Crippen LogP contribution is -2.34. The Morgan fingerprint density at radius 2 is 1.77 bits per heavy atom. The Labute approximate surface area is 179 Å². The van der Waals surface area contributed by atoms with Gasteiger partial charge in [-0.25, -0.2) is 0 Å². The molecule has 2 atom stereocenters. The third-order valence-electron chi connectivity index (χ3n) is 4.97. The second kappa shape index (κ2) is 10.1. The lowest BCUT2D eigenvalue weighted by atomic mass is 9.82. The van der Waals surface area contributed by atoms with Gasteiger partial charge in [0.2, 0.25) is 5.91 Å². The number of Topliss-reactive ketones (excluding diaryl/α,β-unsaturated/α-hetero) is 1. The summed E-state index contributed by atoms with van der Waals surface area (Å²) in [6, 6.07) is 14.2. The smallest absolute Gasteiger partial charge is 0.307 e. The van der Waals surface area contributed by atoms with E-state index in [2.05, 4.69) is 5.32 Å². The van der Waals surface area contributed by atoms with Crippen molar-refractivity contribution in [3.8, 4) is 5.75 Å². The Balaban J connectivity index is 1.55. The molecule has 0 aliphatic heterocycles. The number of carboxylic acids is 1. The fraction of sp³-hybridized carbons (Fsp3) is 0.261. The van der Waals surface area contributed by atoms with E-state index < -0.39 is 17.8 Å². The first-order valence-corrected chi connectivity index (χ1v) is 10.6. The molecule has 0 spiro atoms. The lowest BCUT2D eigenvalue weighted by Gasteiger charge is -2.24. The average molecular weight is 426 g/mol. The fourth-order valence-electron chi connectivity index (χ4n) is 3.28. The second-order valence-electron chi connectivity index (χ2n) is 6.95. The molecule has 0 heterocycles. The van der Waals surface area contributed by atoms with Crippen molar-refractivity contribution in [2.75, 3.05) is 18.2 Å². The van der Waals surface area contributed by atoms with Crippen molar-refractivity contribution in [2.24, 2.45) is 11.8 Å². The molecular weight excluding hydrogens is 402 g/mol. The highest BCUT2D eigenvalue weighted by molar-refractivity contribution is 8.00. The molecule has 30 heavy (non-hydrogen) atoms. The summed E-state index contributed by atoms with van der Waals surface area (Å²) >= 11 is 1.41. The standard InChI is InChI=1S/C23H23NO5S/c1-29-17-6-4-5-15(13-17)21(25)14-30-18-11-9-16(10-12-18)24-22(26)19-7-2-3-8-20(19)23(27)28/h2-6,9-13,19-20H,7-8,14H2,1H3,(H,24,26)(H,27,28). The van der Waals surface area contributed by atoms with Crippen LogP contribution in [-0.4, -0.2) is 35.6 Å². The molecule has 7 heteroatoms. The predicted octanol–water partition coefficient (Wildman–Crippen LogP) is 4.28. The van der Waals surface area contributed by atoms with Gasteiger partial charge in [0.05, 0.1) is 24.7 Å². The van der Waals surface area contributed by atoms with Crippen molar-refractivity contribution in [1.29, 1.82) is 0 Å². The number of aliphatic carboxylic acids is 1. The van der Waals surface area contributed by atoms with Crippen molar-refractivity contribution in [1.82, 2.24) is 0 Å². The number of carboxylic acid groups (broad SMARTS) is 1. The van der Waals surface area contributed by atoms with Crippen LogP contribution in [0.3, 0.4) is 0 Å². The molecule has 156 valence electrons. The largest absolute Gasteiger partial charge is 0.497 e. The lowest BCUT2D eigenvalue weighted by molar-refractivity contribution is -0.146. The van der Waals surface area contributed by atoms with Crippen molar-refractivity contribution < 1.29 is 24.2 Å².